The van der Waals surface area contributed by atoms with Gasteiger partial charge in [0, 0.05) is 30.9 Å². The molecule has 0 bridgehead atoms. The highest BCUT2D eigenvalue weighted by molar-refractivity contribution is 6.06. The third-order valence-corrected chi connectivity index (χ3v) is 5.39. The van der Waals surface area contributed by atoms with Crippen molar-refractivity contribution in [1.82, 2.24) is 14.6 Å². The molecule has 2 aromatic heterocycles. The van der Waals surface area contributed by atoms with Gasteiger partial charge in [0.2, 0.25) is 5.91 Å². The number of carbonyl (C=O) groups excluding carboxylic acids is 1. The van der Waals surface area contributed by atoms with Crippen molar-refractivity contribution in [3.05, 3.63) is 48.3 Å². The van der Waals surface area contributed by atoms with Gasteiger partial charge in [0.25, 0.3) is 0 Å². The molecule has 0 radical (unpaired) electrons. The zero-order valence-electron chi connectivity index (χ0n) is 14.6. The summed E-state index contributed by atoms with van der Waals surface area (Å²) in [5, 5.41) is 11.0. The van der Waals surface area contributed by atoms with Crippen molar-refractivity contribution < 1.29 is 4.79 Å². The summed E-state index contributed by atoms with van der Waals surface area (Å²) in [4.78, 5) is 19.6. The Morgan fingerprint density at radius 2 is 1.88 bits per heavy atom. The molecule has 0 saturated carbocycles. The van der Waals surface area contributed by atoms with Crippen LogP contribution in [-0.4, -0.2) is 39.1 Å². The van der Waals surface area contributed by atoms with E-state index in [1.165, 1.54) is 0 Å². The zero-order valence-corrected chi connectivity index (χ0v) is 14.6. The lowest BCUT2D eigenvalue weighted by Crippen LogP contribution is -2.58. The molecule has 2 aliphatic rings. The number of aryl methyl sites for hydroxylation is 1. The van der Waals surface area contributed by atoms with E-state index >= 15 is 0 Å². The SMILES string of the molecule is Cc1cc(N2CCC3(CC2)Nc2ccccc2NC3=O)n2nccc2n1. The Hall–Kier alpha value is -3.09. The maximum atomic E-state index is 12.8. The first-order chi connectivity index (χ1) is 12.6. The fourth-order valence-electron chi connectivity index (χ4n) is 3.97. The van der Waals surface area contributed by atoms with E-state index in [0.717, 1.165) is 54.5 Å². The smallest absolute Gasteiger partial charge is 0.250 e. The first-order valence-corrected chi connectivity index (χ1v) is 8.90. The molecule has 0 unspecified atom stereocenters. The average Bonchev–Trinajstić information content (AvgIpc) is 3.11. The Kier molecular flexibility index (Phi) is 3.19. The molecule has 2 N–H and O–H groups in total. The zero-order chi connectivity index (χ0) is 17.7. The van der Waals surface area contributed by atoms with E-state index in [1.807, 2.05) is 41.8 Å². The summed E-state index contributed by atoms with van der Waals surface area (Å²) in [7, 11) is 0. The molecule has 0 atom stereocenters. The van der Waals surface area contributed by atoms with Crippen LogP contribution in [0.25, 0.3) is 5.65 Å². The number of para-hydroxylation sites is 2. The largest absolute Gasteiger partial charge is 0.369 e. The minimum Gasteiger partial charge on any atom is -0.369 e. The van der Waals surface area contributed by atoms with Crippen LogP contribution in [0.2, 0.25) is 0 Å². The lowest BCUT2D eigenvalue weighted by Gasteiger charge is -2.44. The molecule has 1 fully saturated rings. The van der Waals surface area contributed by atoms with Crippen LogP contribution >= 0.6 is 0 Å². The molecule has 5 rings (SSSR count). The number of anilines is 3. The number of hydrogen-bond donors (Lipinski definition) is 2. The van der Waals surface area contributed by atoms with Crippen LogP contribution in [0.1, 0.15) is 18.5 Å². The number of benzene rings is 1. The molecular formula is C19H20N6O. The van der Waals surface area contributed by atoms with Crippen LogP contribution in [0.3, 0.4) is 0 Å². The number of carbonyl (C=O) groups is 1. The van der Waals surface area contributed by atoms with E-state index in [4.69, 9.17) is 0 Å². The normalized spacial score (nSPS) is 18.5. The molecule has 1 saturated heterocycles. The molecule has 7 nitrogen and oxygen atoms in total. The van der Waals surface area contributed by atoms with Gasteiger partial charge in [-0.15, -0.1) is 0 Å². The van der Waals surface area contributed by atoms with Crippen molar-refractivity contribution in [2.24, 2.45) is 0 Å². The molecule has 2 aliphatic heterocycles. The van der Waals surface area contributed by atoms with E-state index in [9.17, 15) is 4.79 Å². The Balaban J connectivity index is 1.43. The molecule has 1 spiro atoms. The molecule has 1 aromatic carbocycles. The second-order valence-corrected chi connectivity index (χ2v) is 7.05. The summed E-state index contributed by atoms with van der Waals surface area (Å²) in [6, 6.07) is 11.8. The number of nitrogens with one attached hydrogen (secondary N) is 2. The average molecular weight is 348 g/mol. The number of rotatable bonds is 1. The second-order valence-electron chi connectivity index (χ2n) is 7.05. The van der Waals surface area contributed by atoms with E-state index in [0.29, 0.717) is 0 Å². The topological polar surface area (TPSA) is 74.6 Å². The van der Waals surface area contributed by atoms with E-state index in [-0.39, 0.29) is 5.91 Å². The summed E-state index contributed by atoms with van der Waals surface area (Å²) in [5.41, 5.74) is 3.12. The van der Waals surface area contributed by atoms with Gasteiger partial charge >= 0.3 is 0 Å². The Morgan fingerprint density at radius 1 is 1.12 bits per heavy atom. The number of fused-ring (bicyclic) bond motifs is 2. The van der Waals surface area contributed by atoms with Crippen LogP contribution in [0, 0.1) is 6.92 Å². The lowest BCUT2D eigenvalue weighted by atomic mass is 9.84. The molecule has 4 heterocycles. The van der Waals surface area contributed by atoms with Gasteiger partial charge in [0.05, 0.1) is 17.6 Å². The van der Waals surface area contributed by atoms with Crippen molar-refractivity contribution in [3.63, 3.8) is 0 Å². The monoisotopic (exact) mass is 348 g/mol. The predicted molar refractivity (Wildman–Crippen MR) is 101 cm³/mol. The molecule has 7 heteroatoms. The first-order valence-electron chi connectivity index (χ1n) is 8.90. The summed E-state index contributed by atoms with van der Waals surface area (Å²) >= 11 is 0. The van der Waals surface area contributed by atoms with Crippen molar-refractivity contribution in [3.8, 4) is 0 Å². The summed E-state index contributed by atoms with van der Waals surface area (Å²) < 4.78 is 1.87. The van der Waals surface area contributed by atoms with Crippen molar-refractivity contribution in [2.45, 2.75) is 25.3 Å². The molecule has 3 aromatic rings. The van der Waals surface area contributed by atoms with Crippen LogP contribution in [-0.2, 0) is 4.79 Å². The Labute approximate surface area is 151 Å². The Bertz CT molecular complexity index is 1000. The van der Waals surface area contributed by atoms with E-state index in [1.54, 1.807) is 6.20 Å². The van der Waals surface area contributed by atoms with Crippen molar-refractivity contribution in [2.75, 3.05) is 28.6 Å². The van der Waals surface area contributed by atoms with Gasteiger partial charge in [-0.25, -0.2) is 4.98 Å². The molecule has 132 valence electrons. The van der Waals surface area contributed by atoms with E-state index < -0.39 is 5.54 Å². The van der Waals surface area contributed by atoms with Crippen molar-refractivity contribution >= 4 is 28.7 Å². The fourth-order valence-corrected chi connectivity index (χ4v) is 3.97. The van der Waals surface area contributed by atoms with Crippen molar-refractivity contribution in [1.29, 1.82) is 0 Å². The maximum absolute atomic E-state index is 12.8. The van der Waals surface area contributed by atoms with Gasteiger partial charge < -0.3 is 15.5 Å². The number of nitrogens with zero attached hydrogens (tertiary/aromatic N) is 4. The lowest BCUT2D eigenvalue weighted by molar-refractivity contribution is -0.121. The fraction of sp³-hybridized carbons (Fsp3) is 0.316. The van der Waals surface area contributed by atoms with Gasteiger partial charge in [-0.05, 0) is 31.9 Å². The minimum atomic E-state index is -0.545. The minimum absolute atomic E-state index is 0.0611. The summed E-state index contributed by atoms with van der Waals surface area (Å²) in [6.45, 7) is 3.55. The highest BCUT2D eigenvalue weighted by Gasteiger charge is 2.44. The van der Waals surface area contributed by atoms with Crippen LogP contribution in [0.4, 0.5) is 17.2 Å². The van der Waals surface area contributed by atoms with Gasteiger partial charge in [0.15, 0.2) is 5.65 Å². The number of aromatic nitrogens is 3. The molecular weight excluding hydrogens is 328 g/mol. The highest BCUT2D eigenvalue weighted by atomic mass is 16.2. The number of hydrogen-bond acceptors (Lipinski definition) is 5. The highest BCUT2D eigenvalue weighted by Crippen LogP contribution is 2.37. The standard InChI is InChI=1S/C19H20N6O/c1-13-12-17(25-16(21-13)6-9-20-25)24-10-7-19(8-11-24)18(26)22-14-4-2-3-5-15(14)23-19/h2-6,9,12,23H,7-8,10-11H2,1H3,(H,22,26). The van der Waals surface area contributed by atoms with Crippen LogP contribution < -0.4 is 15.5 Å². The maximum Gasteiger partial charge on any atom is 0.250 e. The summed E-state index contributed by atoms with van der Waals surface area (Å²) in [5.74, 6) is 1.09. The van der Waals surface area contributed by atoms with Gasteiger partial charge in [0.1, 0.15) is 11.4 Å². The summed E-state index contributed by atoms with van der Waals surface area (Å²) in [6.07, 6.45) is 3.23. The predicted octanol–water partition coefficient (Wildman–Crippen LogP) is 2.44. The first kappa shape index (κ1) is 15.2. The molecule has 1 amide bonds. The number of piperidine rings is 1. The Morgan fingerprint density at radius 3 is 2.69 bits per heavy atom. The van der Waals surface area contributed by atoms with E-state index in [2.05, 4.69) is 31.7 Å². The quantitative estimate of drug-likeness (QED) is 0.707. The third-order valence-electron chi connectivity index (χ3n) is 5.39. The second kappa shape index (κ2) is 5.45. The third kappa shape index (κ3) is 2.23. The van der Waals surface area contributed by atoms with Crippen LogP contribution in [0.15, 0.2) is 42.6 Å². The van der Waals surface area contributed by atoms with Crippen LogP contribution in [0.5, 0.6) is 0 Å². The molecule has 0 aliphatic carbocycles. The van der Waals surface area contributed by atoms with Gasteiger partial charge in [-0.2, -0.15) is 9.61 Å². The number of amides is 1. The van der Waals surface area contributed by atoms with Gasteiger partial charge in [-0.3, -0.25) is 4.79 Å². The van der Waals surface area contributed by atoms with Gasteiger partial charge in [-0.1, -0.05) is 12.1 Å². The molecule has 26 heavy (non-hydrogen) atoms.